The molecule has 0 aliphatic carbocycles. The third kappa shape index (κ3) is 3.42. The van der Waals surface area contributed by atoms with E-state index >= 15 is 0 Å². The van der Waals surface area contributed by atoms with Gasteiger partial charge >= 0.3 is 0 Å². The minimum Gasteiger partial charge on any atom is -0.301 e. The Hall–Kier alpha value is -0.760. The predicted octanol–water partition coefficient (Wildman–Crippen LogP) is 0.846. The van der Waals surface area contributed by atoms with E-state index in [1.54, 1.807) is 0 Å². The van der Waals surface area contributed by atoms with Gasteiger partial charge in [0.2, 0.25) is 15.3 Å². The SMILES string of the molecule is CCCN1CCN(S(=O)(=O)c2cnc(Cl)nc2)CC1. The minimum absolute atomic E-state index is 0.0479. The summed E-state index contributed by atoms with van der Waals surface area (Å²) in [6.45, 7) is 5.67. The predicted molar refractivity (Wildman–Crippen MR) is 72.5 cm³/mol. The van der Waals surface area contributed by atoms with Gasteiger partial charge in [0.05, 0.1) is 12.4 Å². The lowest BCUT2D eigenvalue weighted by atomic mass is 10.3. The second-order valence-corrected chi connectivity index (χ2v) is 6.71. The molecule has 0 atom stereocenters. The first kappa shape index (κ1) is 14.6. The van der Waals surface area contributed by atoms with Crippen molar-refractivity contribution in [1.29, 1.82) is 0 Å². The van der Waals surface area contributed by atoms with Crippen molar-refractivity contribution in [3.8, 4) is 0 Å². The number of piperazine rings is 1. The Bertz CT molecular complexity index is 512. The molecule has 2 heterocycles. The zero-order valence-corrected chi connectivity index (χ0v) is 12.4. The number of nitrogens with zero attached hydrogens (tertiary/aromatic N) is 4. The van der Waals surface area contributed by atoms with E-state index in [0.29, 0.717) is 13.1 Å². The molecule has 1 aliphatic heterocycles. The molecule has 1 aromatic heterocycles. The van der Waals surface area contributed by atoms with Gasteiger partial charge in [-0.2, -0.15) is 4.31 Å². The quantitative estimate of drug-likeness (QED) is 0.771. The molecule has 0 amide bonds. The normalized spacial score (nSPS) is 18.6. The lowest BCUT2D eigenvalue weighted by Crippen LogP contribution is -2.48. The van der Waals surface area contributed by atoms with Crippen molar-refractivity contribution in [2.45, 2.75) is 18.2 Å². The fourth-order valence-corrected chi connectivity index (χ4v) is 3.50. The summed E-state index contributed by atoms with van der Waals surface area (Å²) >= 11 is 5.56. The summed E-state index contributed by atoms with van der Waals surface area (Å²) in [6, 6.07) is 0. The Morgan fingerprint density at radius 1 is 1.21 bits per heavy atom. The molecule has 0 bridgehead atoms. The van der Waals surface area contributed by atoms with Crippen LogP contribution in [0.15, 0.2) is 17.3 Å². The van der Waals surface area contributed by atoms with E-state index in [-0.39, 0.29) is 10.2 Å². The largest absolute Gasteiger partial charge is 0.301 e. The lowest BCUT2D eigenvalue weighted by Gasteiger charge is -2.33. The Morgan fingerprint density at radius 3 is 2.32 bits per heavy atom. The van der Waals surface area contributed by atoms with E-state index in [2.05, 4.69) is 21.8 Å². The summed E-state index contributed by atoms with van der Waals surface area (Å²) in [5, 5.41) is 0.0479. The Morgan fingerprint density at radius 2 is 1.79 bits per heavy atom. The second kappa shape index (κ2) is 6.13. The maximum Gasteiger partial charge on any atom is 0.246 e. The maximum atomic E-state index is 12.3. The van der Waals surface area contributed by atoms with Gasteiger partial charge < -0.3 is 4.90 Å². The maximum absolute atomic E-state index is 12.3. The first-order valence-corrected chi connectivity index (χ1v) is 8.06. The first-order valence-electron chi connectivity index (χ1n) is 6.24. The molecule has 0 spiro atoms. The zero-order chi connectivity index (χ0) is 13.9. The fourth-order valence-electron chi connectivity index (χ4n) is 2.09. The molecule has 0 radical (unpaired) electrons. The first-order chi connectivity index (χ1) is 9.04. The van der Waals surface area contributed by atoms with E-state index in [1.165, 1.54) is 16.7 Å². The van der Waals surface area contributed by atoms with Crippen LogP contribution in [0.3, 0.4) is 0 Å². The van der Waals surface area contributed by atoms with Gasteiger partial charge in [0, 0.05) is 26.2 Å². The number of hydrogen-bond acceptors (Lipinski definition) is 5. The molecule has 0 unspecified atom stereocenters. The number of sulfonamides is 1. The van der Waals surface area contributed by atoms with Crippen molar-refractivity contribution in [3.63, 3.8) is 0 Å². The summed E-state index contributed by atoms with van der Waals surface area (Å²) in [4.78, 5) is 9.81. The highest BCUT2D eigenvalue weighted by molar-refractivity contribution is 7.89. The highest BCUT2D eigenvalue weighted by Crippen LogP contribution is 2.16. The summed E-state index contributed by atoms with van der Waals surface area (Å²) in [5.41, 5.74) is 0. The van der Waals surface area contributed by atoms with Crippen molar-refractivity contribution in [2.24, 2.45) is 0 Å². The molecule has 1 fully saturated rings. The second-order valence-electron chi connectivity index (χ2n) is 4.43. The van der Waals surface area contributed by atoms with Crippen molar-refractivity contribution in [2.75, 3.05) is 32.7 Å². The van der Waals surface area contributed by atoms with Gasteiger partial charge in [0.15, 0.2) is 0 Å². The molecule has 1 saturated heterocycles. The third-order valence-electron chi connectivity index (χ3n) is 3.11. The van der Waals surface area contributed by atoms with Gasteiger partial charge in [-0.15, -0.1) is 0 Å². The standard InChI is InChI=1S/C11H17ClN4O2S/c1-2-3-15-4-6-16(7-5-15)19(17,18)10-8-13-11(12)14-9-10/h8-9H,2-7H2,1H3. The Balaban J connectivity index is 2.07. The zero-order valence-electron chi connectivity index (χ0n) is 10.8. The number of rotatable bonds is 4. The smallest absolute Gasteiger partial charge is 0.246 e. The summed E-state index contributed by atoms with van der Waals surface area (Å²) in [6.07, 6.45) is 3.59. The van der Waals surface area contributed by atoms with Gasteiger partial charge in [-0.1, -0.05) is 6.92 Å². The van der Waals surface area contributed by atoms with Crippen LogP contribution in [-0.4, -0.2) is 60.3 Å². The monoisotopic (exact) mass is 304 g/mol. The molecular formula is C11H17ClN4O2S. The lowest BCUT2D eigenvalue weighted by molar-refractivity contribution is 0.188. The van der Waals surface area contributed by atoms with Crippen molar-refractivity contribution < 1.29 is 8.42 Å². The summed E-state index contributed by atoms with van der Waals surface area (Å²) in [5.74, 6) is 0. The Kier molecular flexibility index (Phi) is 4.72. The van der Waals surface area contributed by atoms with Gasteiger partial charge in [0.1, 0.15) is 4.90 Å². The number of aromatic nitrogens is 2. The van der Waals surface area contributed by atoms with Gasteiger partial charge in [-0.3, -0.25) is 0 Å². The van der Waals surface area contributed by atoms with Crippen LogP contribution >= 0.6 is 11.6 Å². The van der Waals surface area contributed by atoms with Crippen molar-refractivity contribution in [3.05, 3.63) is 17.7 Å². The Labute approximate surface area is 118 Å². The van der Waals surface area contributed by atoms with Gasteiger partial charge in [-0.05, 0) is 24.6 Å². The van der Waals surface area contributed by atoms with E-state index in [1.807, 2.05) is 0 Å². The molecule has 19 heavy (non-hydrogen) atoms. The molecular weight excluding hydrogens is 288 g/mol. The van der Waals surface area contributed by atoms with Crippen LogP contribution in [0.5, 0.6) is 0 Å². The van der Waals surface area contributed by atoms with Gasteiger partial charge in [-0.25, -0.2) is 18.4 Å². The van der Waals surface area contributed by atoms with E-state index in [4.69, 9.17) is 11.6 Å². The van der Waals surface area contributed by atoms with Crippen LogP contribution in [0.25, 0.3) is 0 Å². The topological polar surface area (TPSA) is 66.4 Å². The highest BCUT2D eigenvalue weighted by Gasteiger charge is 2.28. The highest BCUT2D eigenvalue weighted by atomic mass is 35.5. The van der Waals surface area contributed by atoms with E-state index in [0.717, 1.165) is 26.1 Å². The molecule has 0 aromatic carbocycles. The van der Waals surface area contributed by atoms with E-state index in [9.17, 15) is 8.42 Å². The van der Waals surface area contributed by atoms with Crippen LogP contribution < -0.4 is 0 Å². The van der Waals surface area contributed by atoms with E-state index < -0.39 is 10.0 Å². The van der Waals surface area contributed by atoms with Crippen LogP contribution in [0, 0.1) is 0 Å². The third-order valence-corrected chi connectivity index (χ3v) is 5.15. The number of hydrogen-bond donors (Lipinski definition) is 0. The van der Waals surface area contributed by atoms with Crippen LogP contribution in [-0.2, 0) is 10.0 Å². The van der Waals surface area contributed by atoms with Crippen molar-refractivity contribution >= 4 is 21.6 Å². The molecule has 2 rings (SSSR count). The number of halogens is 1. The molecule has 106 valence electrons. The molecule has 8 heteroatoms. The molecule has 1 aliphatic rings. The summed E-state index contributed by atoms with van der Waals surface area (Å²) in [7, 11) is -3.49. The van der Waals surface area contributed by atoms with Crippen molar-refractivity contribution in [1.82, 2.24) is 19.2 Å². The van der Waals surface area contributed by atoms with Crippen LogP contribution in [0.2, 0.25) is 5.28 Å². The fraction of sp³-hybridized carbons (Fsp3) is 0.636. The molecule has 0 N–H and O–H groups in total. The average molecular weight is 305 g/mol. The molecule has 0 saturated carbocycles. The van der Waals surface area contributed by atoms with Crippen LogP contribution in [0.1, 0.15) is 13.3 Å². The van der Waals surface area contributed by atoms with Gasteiger partial charge in [0.25, 0.3) is 0 Å². The minimum atomic E-state index is -3.49. The molecule has 6 nitrogen and oxygen atoms in total. The summed E-state index contributed by atoms with van der Waals surface area (Å²) < 4.78 is 26.2. The average Bonchev–Trinajstić information content (AvgIpc) is 2.40. The molecule has 1 aromatic rings. The van der Waals surface area contributed by atoms with Crippen LogP contribution in [0.4, 0.5) is 0 Å².